The molecule has 0 aliphatic heterocycles. The quantitative estimate of drug-likeness (QED) is 0.674. The molecule has 1 atom stereocenters. The maximum absolute atomic E-state index is 13.8. The molecule has 2 rings (SSSR count). The summed E-state index contributed by atoms with van der Waals surface area (Å²) in [6.45, 7) is 0. The first-order chi connectivity index (χ1) is 8.20. The van der Waals surface area contributed by atoms with Crippen LogP contribution in [0.3, 0.4) is 0 Å². The van der Waals surface area contributed by atoms with Crippen LogP contribution in [0.4, 0.5) is 4.39 Å². The minimum atomic E-state index is -0.271. The molecule has 0 saturated carbocycles. The van der Waals surface area contributed by atoms with Crippen LogP contribution in [0.2, 0.25) is 0 Å². The molecule has 90 valence electrons. The lowest BCUT2D eigenvalue weighted by molar-refractivity contribution is 0.512. The first-order valence-corrected chi connectivity index (χ1v) is 6.66. The second-order valence-corrected chi connectivity index (χ2v) is 5.44. The summed E-state index contributed by atoms with van der Waals surface area (Å²) in [6, 6.07) is 4.72. The monoisotopic (exact) mass is 315 g/mol. The van der Waals surface area contributed by atoms with Gasteiger partial charge in [-0.1, -0.05) is 22.0 Å². The smallest absolute Gasteiger partial charge is 0.129 e. The average molecular weight is 316 g/mol. The topological polar surface area (TPSA) is 50.9 Å². The highest BCUT2D eigenvalue weighted by Gasteiger charge is 2.15. The Hall–Kier alpha value is -0.820. The summed E-state index contributed by atoms with van der Waals surface area (Å²) in [5.41, 5.74) is 4.95. The lowest BCUT2D eigenvalue weighted by atomic mass is 10.0. The number of nitrogens with zero attached hydrogens (tertiary/aromatic N) is 1. The van der Waals surface area contributed by atoms with E-state index in [-0.39, 0.29) is 11.9 Å². The van der Waals surface area contributed by atoms with Gasteiger partial charge in [-0.3, -0.25) is 16.3 Å². The number of halogens is 2. The fraction of sp³-hybridized carbons (Fsp3) is 0.182. The summed E-state index contributed by atoms with van der Waals surface area (Å²) in [7, 11) is 0. The zero-order valence-corrected chi connectivity index (χ0v) is 11.3. The number of hydrazine groups is 1. The van der Waals surface area contributed by atoms with Gasteiger partial charge in [-0.25, -0.2) is 4.39 Å². The Morgan fingerprint density at radius 2 is 2.35 bits per heavy atom. The molecular weight excluding hydrogens is 305 g/mol. The summed E-state index contributed by atoms with van der Waals surface area (Å²) in [5.74, 6) is 5.21. The molecule has 0 radical (unpaired) electrons. The number of nitrogens with one attached hydrogen (secondary N) is 1. The van der Waals surface area contributed by atoms with E-state index in [4.69, 9.17) is 5.84 Å². The van der Waals surface area contributed by atoms with Crippen molar-refractivity contribution in [3.05, 3.63) is 50.6 Å². The number of hydrogen-bond donors (Lipinski definition) is 2. The summed E-state index contributed by atoms with van der Waals surface area (Å²) >= 11 is 4.76. The molecule has 1 aromatic heterocycles. The van der Waals surface area contributed by atoms with Crippen molar-refractivity contribution in [2.45, 2.75) is 12.5 Å². The van der Waals surface area contributed by atoms with Crippen molar-refractivity contribution in [2.24, 2.45) is 5.84 Å². The molecule has 0 fully saturated rings. The highest BCUT2D eigenvalue weighted by Crippen LogP contribution is 2.24. The minimum absolute atomic E-state index is 0.247. The molecule has 1 heterocycles. The van der Waals surface area contributed by atoms with Crippen molar-refractivity contribution < 1.29 is 4.39 Å². The Balaban J connectivity index is 2.23. The molecule has 2 aromatic rings. The maximum Gasteiger partial charge on any atom is 0.129 e. The van der Waals surface area contributed by atoms with Gasteiger partial charge in [-0.15, -0.1) is 11.3 Å². The van der Waals surface area contributed by atoms with E-state index in [0.717, 1.165) is 4.88 Å². The van der Waals surface area contributed by atoms with Gasteiger partial charge in [0.2, 0.25) is 0 Å². The molecule has 0 amide bonds. The minimum Gasteiger partial charge on any atom is -0.271 e. The van der Waals surface area contributed by atoms with Crippen molar-refractivity contribution in [1.29, 1.82) is 0 Å². The highest BCUT2D eigenvalue weighted by atomic mass is 79.9. The Morgan fingerprint density at radius 1 is 1.53 bits per heavy atom. The first-order valence-electron chi connectivity index (χ1n) is 4.99. The van der Waals surface area contributed by atoms with Crippen molar-refractivity contribution in [2.75, 3.05) is 0 Å². The second-order valence-electron chi connectivity index (χ2n) is 3.56. The predicted molar refractivity (Wildman–Crippen MR) is 70.0 cm³/mol. The van der Waals surface area contributed by atoms with E-state index >= 15 is 0 Å². The largest absolute Gasteiger partial charge is 0.271 e. The lowest BCUT2D eigenvalue weighted by Crippen LogP contribution is -2.30. The number of aromatic nitrogens is 1. The van der Waals surface area contributed by atoms with Crippen molar-refractivity contribution >= 4 is 27.3 Å². The van der Waals surface area contributed by atoms with E-state index in [1.807, 2.05) is 0 Å². The molecule has 1 aromatic carbocycles. The summed E-state index contributed by atoms with van der Waals surface area (Å²) in [6.07, 6.45) is 2.39. The van der Waals surface area contributed by atoms with Crippen LogP contribution in [0.25, 0.3) is 0 Å². The Morgan fingerprint density at radius 3 is 2.94 bits per heavy atom. The maximum atomic E-state index is 13.8. The van der Waals surface area contributed by atoms with Gasteiger partial charge in [0.25, 0.3) is 0 Å². The van der Waals surface area contributed by atoms with Gasteiger partial charge >= 0.3 is 0 Å². The first kappa shape index (κ1) is 12.6. The van der Waals surface area contributed by atoms with Crippen LogP contribution in [0.1, 0.15) is 16.5 Å². The van der Waals surface area contributed by atoms with Gasteiger partial charge in [0.15, 0.2) is 0 Å². The predicted octanol–water partition coefficient (Wildman–Crippen LogP) is 2.79. The van der Waals surface area contributed by atoms with Crippen LogP contribution >= 0.6 is 27.3 Å². The van der Waals surface area contributed by atoms with E-state index in [1.54, 1.807) is 23.8 Å². The van der Waals surface area contributed by atoms with E-state index in [2.05, 4.69) is 26.3 Å². The van der Waals surface area contributed by atoms with Crippen LogP contribution < -0.4 is 11.3 Å². The van der Waals surface area contributed by atoms with E-state index in [9.17, 15) is 4.39 Å². The number of benzene rings is 1. The molecule has 0 aliphatic rings. The lowest BCUT2D eigenvalue weighted by Gasteiger charge is -2.16. The van der Waals surface area contributed by atoms with Gasteiger partial charge in [0.1, 0.15) is 5.82 Å². The van der Waals surface area contributed by atoms with Gasteiger partial charge in [0, 0.05) is 27.5 Å². The standard InChI is InChI=1S/C11H11BrFN3S/c12-7-1-2-9(10(13)3-7)11(16-14)4-8-5-15-6-17-8/h1-3,5-6,11,16H,4,14H2. The Kier molecular flexibility index (Phi) is 4.22. The van der Waals surface area contributed by atoms with Gasteiger partial charge in [-0.05, 0) is 12.1 Å². The number of rotatable bonds is 4. The highest BCUT2D eigenvalue weighted by molar-refractivity contribution is 9.10. The Bertz CT molecular complexity index is 489. The van der Waals surface area contributed by atoms with Crippen LogP contribution in [-0.2, 0) is 6.42 Å². The van der Waals surface area contributed by atoms with E-state index < -0.39 is 0 Å². The molecule has 0 spiro atoms. The SMILES string of the molecule is NNC(Cc1cncs1)c1ccc(Br)cc1F. The molecule has 3 N–H and O–H groups in total. The van der Waals surface area contributed by atoms with Crippen LogP contribution in [0, 0.1) is 5.82 Å². The zero-order chi connectivity index (χ0) is 12.3. The number of thiazole rings is 1. The van der Waals surface area contributed by atoms with Crippen molar-refractivity contribution in [1.82, 2.24) is 10.4 Å². The molecule has 0 bridgehead atoms. The molecule has 1 unspecified atom stereocenters. The third kappa shape index (κ3) is 3.10. The normalized spacial score (nSPS) is 12.6. The zero-order valence-electron chi connectivity index (χ0n) is 8.86. The molecule has 0 saturated heterocycles. The second kappa shape index (κ2) is 5.68. The van der Waals surface area contributed by atoms with Gasteiger partial charge in [0.05, 0.1) is 11.6 Å². The fourth-order valence-corrected chi connectivity index (χ4v) is 2.56. The molecule has 3 nitrogen and oxygen atoms in total. The van der Waals surface area contributed by atoms with Gasteiger partial charge in [-0.2, -0.15) is 0 Å². The average Bonchev–Trinajstić information content (AvgIpc) is 2.79. The molecule has 17 heavy (non-hydrogen) atoms. The summed E-state index contributed by atoms with van der Waals surface area (Å²) in [5, 5.41) is 0. The van der Waals surface area contributed by atoms with Crippen molar-refractivity contribution in [3.63, 3.8) is 0 Å². The molecule has 6 heteroatoms. The number of hydrogen-bond acceptors (Lipinski definition) is 4. The molecule has 0 aliphatic carbocycles. The summed E-state index contributed by atoms with van der Waals surface area (Å²) in [4.78, 5) is 5.05. The van der Waals surface area contributed by atoms with Crippen LogP contribution in [0.5, 0.6) is 0 Å². The third-order valence-electron chi connectivity index (χ3n) is 2.43. The van der Waals surface area contributed by atoms with Crippen LogP contribution in [0.15, 0.2) is 34.4 Å². The van der Waals surface area contributed by atoms with Crippen molar-refractivity contribution in [3.8, 4) is 0 Å². The van der Waals surface area contributed by atoms with E-state index in [0.29, 0.717) is 16.5 Å². The van der Waals surface area contributed by atoms with E-state index in [1.165, 1.54) is 17.4 Å². The summed E-state index contributed by atoms with van der Waals surface area (Å²) < 4.78 is 14.5. The van der Waals surface area contributed by atoms with Crippen LogP contribution in [-0.4, -0.2) is 4.98 Å². The number of nitrogens with two attached hydrogens (primary N) is 1. The van der Waals surface area contributed by atoms with Gasteiger partial charge < -0.3 is 0 Å². The fourth-order valence-electron chi connectivity index (χ4n) is 1.59. The third-order valence-corrected chi connectivity index (χ3v) is 3.72. The Labute approximate surface area is 111 Å². The molecular formula is C11H11BrFN3S.